The van der Waals surface area contributed by atoms with Crippen LogP contribution in [0.3, 0.4) is 0 Å². The summed E-state index contributed by atoms with van der Waals surface area (Å²) in [5.41, 5.74) is 1.53. The van der Waals surface area contributed by atoms with Gasteiger partial charge in [0.25, 0.3) is 0 Å². The van der Waals surface area contributed by atoms with Gasteiger partial charge in [-0.15, -0.1) is 0 Å². The van der Waals surface area contributed by atoms with Crippen molar-refractivity contribution in [2.24, 2.45) is 0 Å². The van der Waals surface area contributed by atoms with Crippen molar-refractivity contribution in [1.29, 1.82) is 0 Å². The zero-order chi connectivity index (χ0) is 15.6. The van der Waals surface area contributed by atoms with Crippen LogP contribution in [0.15, 0.2) is 22.7 Å². The number of urea groups is 1. The van der Waals surface area contributed by atoms with Crippen molar-refractivity contribution in [3.05, 3.63) is 28.2 Å². The number of carboxylic acid groups (broad SMARTS) is 1. The fourth-order valence-electron chi connectivity index (χ4n) is 1.94. The largest absolute Gasteiger partial charge is 0.480 e. The first-order valence-electron chi connectivity index (χ1n) is 6.22. The highest BCUT2D eigenvalue weighted by atomic mass is 79.9. The first kappa shape index (κ1) is 15.3. The molecule has 3 N–H and O–H groups in total. The molecule has 1 fully saturated rings. The first-order valence-corrected chi connectivity index (χ1v) is 7.01. The Balaban J connectivity index is 2.14. The predicted molar refractivity (Wildman–Crippen MR) is 79.0 cm³/mol. The maximum absolute atomic E-state index is 12.2. The Labute approximate surface area is 129 Å². The van der Waals surface area contributed by atoms with Gasteiger partial charge in [0.15, 0.2) is 0 Å². The SMILES string of the molecule is Cc1ccc(NC(=O)N2CC(=O)NCC2C(=O)O)cc1Br. The van der Waals surface area contributed by atoms with Gasteiger partial charge in [0.1, 0.15) is 12.6 Å². The van der Waals surface area contributed by atoms with E-state index in [1.807, 2.05) is 13.0 Å². The lowest BCUT2D eigenvalue weighted by Crippen LogP contribution is -2.60. The number of nitrogens with zero attached hydrogens (tertiary/aromatic N) is 1. The molecule has 1 aromatic rings. The highest BCUT2D eigenvalue weighted by molar-refractivity contribution is 9.10. The second-order valence-corrected chi connectivity index (χ2v) is 5.53. The number of amides is 3. The van der Waals surface area contributed by atoms with E-state index in [4.69, 9.17) is 5.11 Å². The molecule has 1 saturated heterocycles. The van der Waals surface area contributed by atoms with Crippen LogP contribution in [0.25, 0.3) is 0 Å². The van der Waals surface area contributed by atoms with Gasteiger partial charge in [-0.3, -0.25) is 9.69 Å². The Bertz CT molecular complexity index is 605. The van der Waals surface area contributed by atoms with E-state index < -0.39 is 18.0 Å². The van der Waals surface area contributed by atoms with Crippen LogP contribution >= 0.6 is 15.9 Å². The van der Waals surface area contributed by atoms with Crippen molar-refractivity contribution in [3.8, 4) is 0 Å². The van der Waals surface area contributed by atoms with Crippen molar-refractivity contribution in [2.45, 2.75) is 13.0 Å². The molecule has 0 bridgehead atoms. The molecule has 21 heavy (non-hydrogen) atoms. The summed E-state index contributed by atoms with van der Waals surface area (Å²) >= 11 is 3.35. The molecule has 0 aromatic heterocycles. The smallest absolute Gasteiger partial charge is 0.328 e. The number of aliphatic carboxylic acids is 1. The summed E-state index contributed by atoms with van der Waals surface area (Å²) in [4.78, 5) is 35.7. The van der Waals surface area contributed by atoms with Crippen LogP contribution in [0, 0.1) is 6.92 Å². The van der Waals surface area contributed by atoms with Gasteiger partial charge in [-0.2, -0.15) is 0 Å². The third-order valence-corrected chi connectivity index (χ3v) is 4.01. The summed E-state index contributed by atoms with van der Waals surface area (Å²) in [6.07, 6.45) is 0. The number of anilines is 1. The van der Waals surface area contributed by atoms with Gasteiger partial charge < -0.3 is 15.7 Å². The molecule has 8 heteroatoms. The highest BCUT2D eigenvalue weighted by Gasteiger charge is 2.35. The van der Waals surface area contributed by atoms with E-state index in [-0.39, 0.29) is 19.0 Å². The van der Waals surface area contributed by atoms with Gasteiger partial charge in [0.05, 0.1) is 0 Å². The number of halogens is 1. The second-order valence-electron chi connectivity index (χ2n) is 4.68. The van der Waals surface area contributed by atoms with Crippen molar-refractivity contribution in [1.82, 2.24) is 10.2 Å². The molecule has 0 saturated carbocycles. The van der Waals surface area contributed by atoms with Gasteiger partial charge in [-0.25, -0.2) is 9.59 Å². The van der Waals surface area contributed by atoms with Crippen molar-refractivity contribution in [3.63, 3.8) is 0 Å². The summed E-state index contributed by atoms with van der Waals surface area (Å²) < 4.78 is 0.825. The van der Waals surface area contributed by atoms with Gasteiger partial charge in [0.2, 0.25) is 5.91 Å². The topological polar surface area (TPSA) is 98.7 Å². The number of hydrogen-bond donors (Lipinski definition) is 3. The van der Waals surface area contributed by atoms with E-state index in [0.717, 1.165) is 14.9 Å². The first-order chi connectivity index (χ1) is 9.88. The summed E-state index contributed by atoms with van der Waals surface area (Å²) in [7, 11) is 0. The van der Waals surface area contributed by atoms with Crippen LogP contribution in [0.1, 0.15) is 5.56 Å². The number of carboxylic acids is 1. The number of carbonyl (C=O) groups excluding carboxylic acids is 2. The third-order valence-electron chi connectivity index (χ3n) is 3.15. The van der Waals surface area contributed by atoms with E-state index in [1.54, 1.807) is 12.1 Å². The number of carbonyl (C=O) groups is 3. The summed E-state index contributed by atoms with van der Waals surface area (Å²) in [6, 6.07) is 3.55. The van der Waals surface area contributed by atoms with Crippen LogP contribution in [0.2, 0.25) is 0 Å². The molecule has 1 aliphatic rings. The molecule has 7 nitrogen and oxygen atoms in total. The molecule has 0 spiro atoms. The molecule has 1 heterocycles. The Morgan fingerprint density at radius 2 is 2.19 bits per heavy atom. The molecule has 1 atom stereocenters. The molecular weight excluding hydrogens is 342 g/mol. The Kier molecular flexibility index (Phi) is 4.46. The van der Waals surface area contributed by atoms with Crippen molar-refractivity contribution in [2.75, 3.05) is 18.4 Å². The number of piperazine rings is 1. The maximum Gasteiger partial charge on any atom is 0.328 e. The molecule has 1 aliphatic heterocycles. The lowest BCUT2D eigenvalue weighted by Gasteiger charge is -2.32. The summed E-state index contributed by atoms with van der Waals surface area (Å²) in [6.45, 7) is 1.53. The average molecular weight is 356 g/mol. The molecule has 0 radical (unpaired) electrons. The molecule has 112 valence electrons. The normalized spacial score (nSPS) is 18.1. The van der Waals surface area contributed by atoms with Gasteiger partial charge in [-0.05, 0) is 24.6 Å². The van der Waals surface area contributed by atoms with Gasteiger partial charge in [-0.1, -0.05) is 22.0 Å². The van der Waals surface area contributed by atoms with E-state index in [9.17, 15) is 14.4 Å². The minimum atomic E-state index is -1.16. The minimum absolute atomic E-state index is 0.0980. The second kappa shape index (κ2) is 6.13. The fourth-order valence-corrected chi connectivity index (χ4v) is 2.32. The zero-order valence-corrected chi connectivity index (χ0v) is 12.8. The Morgan fingerprint density at radius 3 is 2.81 bits per heavy atom. The van der Waals surface area contributed by atoms with Crippen LogP contribution in [0.4, 0.5) is 10.5 Å². The Morgan fingerprint density at radius 1 is 1.48 bits per heavy atom. The molecule has 0 aliphatic carbocycles. The monoisotopic (exact) mass is 355 g/mol. The van der Waals surface area contributed by atoms with Crippen molar-refractivity contribution < 1.29 is 19.5 Å². The van der Waals surface area contributed by atoms with E-state index >= 15 is 0 Å². The van der Waals surface area contributed by atoms with Crippen molar-refractivity contribution >= 4 is 39.5 Å². The number of aryl methyl sites for hydroxylation is 1. The standard InChI is InChI=1S/C13H14BrN3O4/c1-7-2-3-8(4-9(7)14)16-13(21)17-6-11(18)15-5-10(17)12(19)20/h2-4,10H,5-6H2,1H3,(H,15,18)(H,16,21)(H,19,20). The predicted octanol–water partition coefficient (Wildman–Crippen LogP) is 1.17. The number of hydrogen-bond acceptors (Lipinski definition) is 3. The molecule has 3 amide bonds. The van der Waals surface area contributed by atoms with E-state index in [1.165, 1.54) is 0 Å². The van der Waals surface area contributed by atoms with Crippen LogP contribution in [0.5, 0.6) is 0 Å². The van der Waals surface area contributed by atoms with E-state index in [0.29, 0.717) is 5.69 Å². The maximum atomic E-state index is 12.2. The van der Waals surface area contributed by atoms with Gasteiger partial charge >= 0.3 is 12.0 Å². The lowest BCUT2D eigenvalue weighted by molar-refractivity contribution is -0.144. The summed E-state index contributed by atoms with van der Waals surface area (Å²) in [5.74, 6) is -1.54. The average Bonchev–Trinajstić information content (AvgIpc) is 2.42. The minimum Gasteiger partial charge on any atom is -0.480 e. The number of nitrogens with one attached hydrogen (secondary N) is 2. The number of rotatable bonds is 2. The molecular formula is C13H14BrN3O4. The Hall–Kier alpha value is -2.09. The summed E-state index contributed by atoms with van der Waals surface area (Å²) in [5, 5.41) is 14.1. The quantitative estimate of drug-likeness (QED) is 0.741. The zero-order valence-electron chi connectivity index (χ0n) is 11.2. The van der Waals surface area contributed by atoms with Crippen LogP contribution in [-0.2, 0) is 9.59 Å². The van der Waals surface area contributed by atoms with Crippen LogP contribution in [-0.4, -0.2) is 47.0 Å². The third kappa shape index (κ3) is 3.52. The van der Waals surface area contributed by atoms with E-state index in [2.05, 4.69) is 26.6 Å². The van der Waals surface area contributed by atoms with Crippen LogP contribution < -0.4 is 10.6 Å². The number of benzene rings is 1. The fraction of sp³-hybridized carbons (Fsp3) is 0.308. The van der Waals surface area contributed by atoms with Gasteiger partial charge in [0, 0.05) is 16.7 Å². The molecule has 2 rings (SSSR count). The highest BCUT2D eigenvalue weighted by Crippen LogP contribution is 2.21. The molecule has 1 unspecified atom stereocenters. The molecule has 1 aromatic carbocycles. The lowest BCUT2D eigenvalue weighted by atomic mass is 10.2.